The fourth-order valence-electron chi connectivity index (χ4n) is 1.63. The third-order valence-corrected chi connectivity index (χ3v) is 2.79. The van der Waals surface area contributed by atoms with Gasteiger partial charge in [0, 0.05) is 18.8 Å². The molecule has 1 amide bonds. The van der Waals surface area contributed by atoms with Crippen LogP contribution in [0.3, 0.4) is 0 Å². The molecule has 8 heteroatoms. The second-order valence-electron chi connectivity index (χ2n) is 4.07. The molecule has 7 nitrogen and oxygen atoms in total. The number of hydrogen-bond donors (Lipinski definition) is 1. The molecule has 0 spiro atoms. The number of halogens is 1. The Balaban J connectivity index is 3.25. The number of nitro groups is 1. The molecule has 1 aromatic heterocycles. The summed E-state index contributed by atoms with van der Waals surface area (Å²) in [6, 6.07) is 1.05. The van der Waals surface area contributed by atoms with E-state index in [1.807, 2.05) is 0 Å². The van der Waals surface area contributed by atoms with Crippen molar-refractivity contribution in [3.63, 3.8) is 0 Å². The zero-order valence-electron chi connectivity index (χ0n) is 10.5. The lowest BCUT2D eigenvalue weighted by molar-refractivity contribution is -0.385. The first kappa shape index (κ1) is 15.3. The van der Waals surface area contributed by atoms with Crippen molar-refractivity contribution in [1.29, 1.82) is 0 Å². The lowest BCUT2D eigenvalue weighted by Crippen LogP contribution is -2.39. The number of hydrogen-bond acceptors (Lipinski definition) is 5. The van der Waals surface area contributed by atoms with Crippen LogP contribution in [-0.4, -0.2) is 45.0 Å². The zero-order chi connectivity index (χ0) is 14.6. The van der Waals surface area contributed by atoms with Gasteiger partial charge in [-0.1, -0.05) is 11.6 Å². The van der Waals surface area contributed by atoms with Crippen molar-refractivity contribution in [3.05, 3.63) is 33.1 Å². The van der Waals surface area contributed by atoms with Crippen molar-refractivity contribution >= 4 is 23.2 Å². The van der Waals surface area contributed by atoms with Crippen LogP contribution in [0, 0.1) is 10.1 Å². The number of pyridine rings is 1. The highest BCUT2D eigenvalue weighted by atomic mass is 35.5. The minimum atomic E-state index is -0.736. The third-order valence-electron chi connectivity index (χ3n) is 2.52. The van der Waals surface area contributed by atoms with Gasteiger partial charge < -0.3 is 10.0 Å². The van der Waals surface area contributed by atoms with Gasteiger partial charge in [0.25, 0.3) is 5.91 Å². The van der Waals surface area contributed by atoms with Crippen LogP contribution in [0.2, 0.25) is 5.15 Å². The van der Waals surface area contributed by atoms with Crippen LogP contribution in [0.25, 0.3) is 0 Å². The monoisotopic (exact) mass is 287 g/mol. The Hall–Kier alpha value is -1.73. The molecule has 104 valence electrons. The van der Waals surface area contributed by atoms with Gasteiger partial charge in [0.15, 0.2) is 0 Å². The highest BCUT2D eigenvalue weighted by molar-refractivity contribution is 6.32. The minimum Gasteiger partial charge on any atom is -0.395 e. The number of carbonyl (C=O) groups is 1. The SMILES string of the molecule is CC(C)N(CCO)C(=O)c1ccnc(Cl)c1[N+](=O)[O-]. The summed E-state index contributed by atoms with van der Waals surface area (Å²) in [6.07, 6.45) is 1.24. The first-order valence-electron chi connectivity index (χ1n) is 5.60. The Morgan fingerprint density at radius 2 is 2.26 bits per heavy atom. The average molecular weight is 288 g/mol. The Labute approximate surface area is 115 Å². The van der Waals surface area contributed by atoms with E-state index in [2.05, 4.69) is 4.98 Å². The lowest BCUT2D eigenvalue weighted by atomic mass is 10.1. The molecule has 0 unspecified atom stereocenters. The quantitative estimate of drug-likeness (QED) is 0.503. The van der Waals surface area contributed by atoms with Gasteiger partial charge in [0.1, 0.15) is 5.56 Å². The summed E-state index contributed by atoms with van der Waals surface area (Å²) in [5.41, 5.74) is -0.648. The normalized spacial score (nSPS) is 10.6. The number of aliphatic hydroxyl groups is 1. The predicted molar refractivity (Wildman–Crippen MR) is 69.2 cm³/mol. The minimum absolute atomic E-state index is 0.0909. The lowest BCUT2D eigenvalue weighted by Gasteiger charge is -2.25. The van der Waals surface area contributed by atoms with E-state index in [0.29, 0.717) is 0 Å². The van der Waals surface area contributed by atoms with Crippen LogP contribution < -0.4 is 0 Å². The van der Waals surface area contributed by atoms with Gasteiger partial charge in [0.2, 0.25) is 5.15 Å². The van der Waals surface area contributed by atoms with Crippen LogP contribution >= 0.6 is 11.6 Å². The molecule has 0 aliphatic carbocycles. The molecule has 0 aliphatic rings. The summed E-state index contributed by atoms with van der Waals surface area (Å²) in [5.74, 6) is -0.556. The summed E-state index contributed by atoms with van der Waals surface area (Å²) < 4.78 is 0. The van der Waals surface area contributed by atoms with Crippen molar-refractivity contribution in [1.82, 2.24) is 9.88 Å². The summed E-state index contributed by atoms with van der Waals surface area (Å²) >= 11 is 5.66. The van der Waals surface area contributed by atoms with Gasteiger partial charge in [-0.15, -0.1) is 0 Å². The molecule has 0 fully saturated rings. The Kier molecular flexibility index (Phi) is 5.20. The number of nitrogens with zero attached hydrogens (tertiary/aromatic N) is 3. The topological polar surface area (TPSA) is 96.6 Å². The van der Waals surface area contributed by atoms with Crippen molar-refractivity contribution in [3.8, 4) is 0 Å². The maximum atomic E-state index is 12.3. The number of aromatic nitrogens is 1. The van der Waals surface area contributed by atoms with Crippen LogP contribution in [0.15, 0.2) is 12.3 Å². The van der Waals surface area contributed by atoms with Gasteiger partial charge in [-0.05, 0) is 19.9 Å². The molecule has 1 rings (SSSR count). The van der Waals surface area contributed by atoms with Gasteiger partial charge in [-0.2, -0.15) is 0 Å². The van der Waals surface area contributed by atoms with E-state index in [9.17, 15) is 14.9 Å². The summed E-state index contributed by atoms with van der Waals surface area (Å²) in [5, 5.41) is 19.6. The standard InChI is InChI=1S/C11H14ClN3O4/c1-7(2)14(5-6-16)11(17)8-3-4-13-10(12)9(8)15(18)19/h3-4,7,16H,5-6H2,1-2H3. The van der Waals surface area contributed by atoms with Gasteiger partial charge in [-0.3, -0.25) is 14.9 Å². The first-order valence-corrected chi connectivity index (χ1v) is 5.98. The van der Waals surface area contributed by atoms with Crippen molar-refractivity contribution in [2.45, 2.75) is 19.9 Å². The number of aliphatic hydroxyl groups excluding tert-OH is 1. The van der Waals surface area contributed by atoms with Crippen molar-refractivity contribution < 1.29 is 14.8 Å². The van der Waals surface area contributed by atoms with E-state index in [1.165, 1.54) is 17.2 Å². The molecule has 1 heterocycles. The van der Waals surface area contributed by atoms with Crippen LogP contribution in [0.1, 0.15) is 24.2 Å². The second kappa shape index (κ2) is 6.44. The molecule has 0 aromatic carbocycles. The fourth-order valence-corrected chi connectivity index (χ4v) is 1.86. The van der Waals surface area contributed by atoms with Crippen LogP contribution in [-0.2, 0) is 0 Å². The van der Waals surface area contributed by atoms with E-state index in [1.54, 1.807) is 13.8 Å². The van der Waals surface area contributed by atoms with E-state index < -0.39 is 16.5 Å². The molecule has 0 radical (unpaired) electrons. The molecule has 0 bridgehead atoms. The maximum absolute atomic E-state index is 12.3. The van der Waals surface area contributed by atoms with E-state index in [-0.39, 0.29) is 29.9 Å². The third kappa shape index (κ3) is 3.39. The maximum Gasteiger partial charge on any atom is 0.319 e. The van der Waals surface area contributed by atoms with E-state index in [4.69, 9.17) is 16.7 Å². The average Bonchev–Trinajstić information content (AvgIpc) is 2.33. The molecule has 0 saturated carbocycles. The summed E-state index contributed by atoms with van der Waals surface area (Å²) in [4.78, 5) is 27.4. The van der Waals surface area contributed by atoms with E-state index in [0.717, 1.165) is 0 Å². The molecule has 19 heavy (non-hydrogen) atoms. The molecular weight excluding hydrogens is 274 g/mol. The molecule has 0 aliphatic heterocycles. The Morgan fingerprint density at radius 3 is 2.74 bits per heavy atom. The number of carbonyl (C=O) groups excluding carboxylic acids is 1. The smallest absolute Gasteiger partial charge is 0.319 e. The highest BCUT2D eigenvalue weighted by Gasteiger charge is 2.28. The number of amides is 1. The first-order chi connectivity index (χ1) is 8.90. The summed E-state index contributed by atoms with van der Waals surface area (Å²) in [7, 11) is 0. The molecule has 0 saturated heterocycles. The fraction of sp³-hybridized carbons (Fsp3) is 0.455. The van der Waals surface area contributed by atoms with Crippen molar-refractivity contribution in [2.24, 2.45) is 0 Å². The van der Waals surface area contributed by atoms with Crippen LogP contribution in [0.4, 0.5) is 5.69 Å². The number of rotatable bonds is 5. The van der Waals surface area contributed by atoms with Crippen LogP contribution in [0.5, 0.6) is 0 Å². The van der Waals surface area contributed by atoms with E-state index >= 15 is 0 Å². The second-order valence-corrected chi connectivity index (χ2v) is 4.43. The van der Waals surface area contributed by atoms with Gasteiger partial charge >= 0.3 is 5.69 Å². The Morgan fingerprint density at radius 1 is 1.63 bits per heavy atom. The molecule has 0 atom stereocenters. The largest absolute Gasteiger partial charge is 0.395 e. The zero-order valence-corrected chi connectivity index (χ0v) is 11.3. The summed E-state index contributed by atoms with van der Waals surface area (Å²) in [6.45, 7) is 3.37. The van der Waals surface area contributed by atoms with Gasteiger partial charge in [-0.25, -0.2) is 4.98 Å². The Bertz CT molecular complexity index is 493. The molecular formula is C11H14ClN3O4. The van der Waals surface area contributed by atoms with Gasteiger partial charge in [0.05, 0.1) is 11.5 Å². The highest BCUT2D eigenvalue weighted by Crippen LogP contribution is 2.27. The predicted octanol–water partition coefficient (Wildman–Crippen LogP) is 1.49. The molecule has 1 N–H and O–H groups in total. The molecule has 1 aromatic rings. The van der Waals surface area contributed by atoms with Crippen molar-refractivity contribution in [2.75, 3.05) is 13.2 Å².